The summed E-state index contributed by atoms with van der Waals surface area (Å²) >= 11 is 0. The van der Waals surface area contributed by atoms with Crippen LogP contribution in [0.5, 0.6) is 0 Å². The second-order valence-electron chi connectivity index (χ2n) is 5.07. The molecule has 1 aliphatic rings. The van der Waals surface area contributed by atoms with Gasteiger partial charge >= 0.3 is 0 Å². The second-order valence-corrected chi connectivity index (χ2v) is 5.07. The number of terminal acetylenes is 1. The zero-order chi connectivity index (χ0) is 14.4. The summed E-state index contributed by atoms with van der Waals surface area (Å²) in [6, 6.07) is 7.18. The lowest BCUT2D eigenvalue weighted by Gasteiger charge is -2.30. The number of para-hydroxylation sites is 2. The van der Waals surface area contributed by atoms with Gasteiger partial charge < -0.3 is 16.0 Å². The Morgan fingerprint density at radius 1 is 1.35 bits per heavy atom. The maximum Gasteiger partial charge on any atom is 0.242 e. The van der Waals surface area contributed by atoms with Crippen LogP contribution in [0, 0.1) is 12.3 Å². The van der Waals surface area contributed by atoms with Gasteiger partial charge in [-0.05, 0) is 31.4 Å². The van der Waals surface area contributed by atoms with Gasteiger partial charge in [-0.3, -0.25) is 4.79 Å². The lowest BCUT2D eigenvalue weighted by Crippen LogP contribution is -2.36. The molecular formula is C16H21N3O. The predicted octanol–water partition coefficient (Wildman–Crippen LogP) is 1.97. The standard InChI is InChI=1S/C16H21N3O/c1-2-8-13(17)16(20)18-14-9-4-5-10-15(14)19-11-6-3-7-12-19/h1,4-5,9-10,13H,3,6-8,11-12,17H2,(H,18,20). The Bertz CT molecular complexity index is 501. The van der Waals surface area contributed by atoms with E-state index in [-0.39, 0.29) is 12.3 Å². The number of nitrogens with one attached hydrogen (secondary N) is 1. The molecule has 0 spiro atoms. The van der Waals surface area contributed by atoms with Gasteiger partial charge in [0.05, 0.1) is 17.4 Å². The van der Waals surface area contributed by atoms with Crippen molar-refractivity contribution in [3.63, 3.8) is 0 Å². The summed E-state index contributed by atoms with van der Waals surface area (Å²) in [5, 5.41) is 2.89. The lowest BCUT2D eigenvalue weighted by molar-refractivity contribution is -0.117. The third-order valence-electron chi connectivity index (χ3n) is 3.53. The minimum Gasteiger partial charge on any atom is -0.370 e. The largest absolute Gasteiger partial charge is 0.370 e. The van der Waals surface area contributed by atoms with Crippen molar-refractivity contribution in [1.29, 1.82) is 0 Å². The maximum absolute atomic E-state index is 12.0. The molecule has 1 unspecified atom stereocenters. The molecule has 0 aromatic heterocycles. The number of hydrogen-bond acceptors (Lipinski definition) is 3. The van der Waals surface area contributed by atoms with Gasteiger partial charge in [0.1, 0.15) is 0 Å². The minimum atomic E-state index is -0.658. The lowest BCUT2D eigenvalue weighted by atomic mass is 10.1. The SMILES string of the molecule is C#CCC(N)C(=O)Nc1ccccc1N1CCCCC1. The zero-order valence-electron chi connectivity index (χ0n) is 11.6. The fourth-order valence-corrected chi connectivity index (χ4v) is 2.43. The van der Waals surface area contributed by atoms with E-state index >= 15 is 0 Å². The summed E-state index contributed by atoms with van der Waals surface area (Å²) in [6.07, 6.45) is 9.10. The number of piperidine rings is 1. The monoisotopic (exact) mass is 271 g/mol. The van der Waals surface area contributed by atoms with E-state index in [9.17, 15) is 4.79 Å². The van der Waals surface area contributed by atoms with Crippen LogP contribution < -0.4 is 16.0 Å². The number of amides is 1. The van der Waals surface area contributed by atoms with Gasteiger partial charge in [0.2, 0.25) is 5.91 Å². The number of benzene rings is 1. The number of hydrogen-bond donors (Lipinski definition) is 2. The summed E-state index contributed by atoms with van der Waals surface area (Å²) in [7, 11) is 0. The fraction of sp³-hybridized carbons (Fsp3) is 0.438. The van der Waals surface area contributed by atoms with Crippen molar-refractivity contribution in [3.8, 4) is 12.3 Å². The van der Waals surface area contributed by atoms with Crippen LogP contribution in [0.4, 0.5) is 11.4 Å². The molecular weight excluding hydrogens is 250 g/mol. The molecule has 1 atom stereocenters. The van der Waals surface area contributed by atoms with Crippen LogP contribution in [0.3, 0.4) is 0 Å². The van der Waals surface area contributed by atoms with Crippen molar-refractivity contribution in [3.05, 3.63) is 24.3 Å². The van der Waals surface area contributed by atoms with Gasteiger partial charge in [0.25, 0.3) is 0 Å². The van der Waals surface area contributed by atoms with Gasteiger partial charge in [0.15, 0.2) is 0 Å². The van der Waals surface area contributed by atoms with E-state index in [2.05, 4.69) is 16.1 Å². The smallest absolute Gasteiger partial charge is 0.242 e. The Morgan fingerprint density at radius 2 is 2.05 bits per heavy atom. The molecule has 0 bridgehead atoms. The van der Waals surface area contributed by atoms with Gasteiger partial charge in [-0.25, -0.2) is 0 Å². The van der Waals surface area contributed by atoms with E-state index in [0.717, 1.165) is 24.5 Å². The van der Waals surface area contributed by atoms with Gasteiger partial charge in [-0.1, -0.05) is 12.1 Å². The van der Waals surface area contributed by atoms with E-state index in [1.165, 1.54) is 19.3 Å². The van der Waals surface area contributed by atoms with Crippen molar-refractivity contribution in [2.45, 2.75) is 31.7 Å². The molecule has 0 radical (unpaired) electrons. The molecule has 1 aliphatic heterocycles. The third kappa shape index (κ3) is 3.52. The third-order valence-corrected chi connectivity index (χ3v) is 3.53. The zero-order valence-corrected chi connectivity index (χ0v) is 11.6. The molecule has 0 saturated carbocycles. The number of nitrogens with two attached hydrogens (primary N) is 1. The van der Waals surface area contributed by atoms with Crippen molar-refractivity contribution in [2.24, 2.45) is 5.73 Å². The molecule has 4 heteroatoms. The molecule has 1 saturated heterocycles. The molecule has 1 fully saturated rings. The number of nitrogens with zero attached hydrogens (tertiary/aromatic N) is 1. The Balaban J connectivity index is 2.11. The number of rotatable bonds is 4. The summed E-state index contributed by atoms with van der Waals surface area (Å²) in [5.41, 5.74) is 7.61. The Morgan fingerprint density at radius 3 is 2.75 bits per heavy atom. The highest BCUT2D eigenvalue weighted by molar-refractivity contribution is 5.97. The predicted molar refractivity (Wildman–Crippen MR) is 82.6 cm³/mol. The summed E-state index contributed by atoms with van der Waals surface area (Å²) in [6.45, 7) is 2.06. The van der Waals surface area contributed by atoms with E-state index in [4.69, 9.17) is 12.2 Å². The van der Waals surface area contributed by atoms with Crippen molar-refractivity contribution >= 4 is 17.3 Å². The van der Waals surface area contributed by atoms with Crippen molar-refractivity contribution in [2.75, 3.05) is 23.3 Å². The molecule has 20 heavy (non-hydrogen) atoms. The van der Waals surface area contributed by atoms with Crippen molar-refractivity contribution in [1.82, 2.24) is 0 Å². The molecule has 1 amide bonds. The van der Waals surface area contributed by atoms with Crippen LogP contribution in [-0.2, 0) is 4.79 Å². The average Bonchev–Trinajstić information content (AvgIpc) is 2.49. The second kappa shape index (κ2) is 6.97. The topological polar surface area (TPSA) is 58.4 Å². The van der Waals surface area contributed by atoms with Gasteiger partial charge in [-0.2, -0.15) is 0 Å². The first kappa shape index (κ1) is 14.4. The quantitative estimate of drug-likeness (QED) is 0.823. The van der Waals surface area contributed by atoms with E-state index in [1.807, 2.05) is 24.3 Å². The molecule has 1 aromatic rings. The molecule has 1 heterocycles. The molecule has 0 aliphatic carbocycles. The molecule has 1 aromatic carbocycles. The molecule has 106 valence electrons. The van der Waals surface area contributed by atoms with Gasteiger partial charge in [0, 0.05) is 19.5 Å². The Kier molecular flexibility index (Phi) is 5.03. The van der Waals surface area contributed by atoms with Crippen molar-refractivity contribution < 1.29 is 4.79 Å². The highest BCUT2D eigenvalue weighted by Crippen LogP contribution is 2.28. The van der Waals surface area contributed by atoms with Crippen LogP contribution >= 0.6 is 0 Å². The maximum atomic E-state index is 12.0. The Labute approximate surface area is 120 Å². The van der Waals surface area contributed by atoms with E-state index in [1.54, 1.807) is 0 Å². The average molecular weight is 271 g/mol. The van der Waals surface area contributed by atoms with Crippen LogP contribution in [0.25, 0.3) is 0 Å². The highest BCUT2D eigenvalue weighted by Gasteiger charge is 2.17. The highest BCUT2D eigenvalue weighted by atomic mass is 16.2. The first-order chi connectivity index (χ1) is 9.72. The summed E-state index contributed by atoms with van der Waals surface area (Å²) < 4.78 is 0. The molecule has 3 N–H and O–H groups in total. The summed E-state index contributed by atoms with van der Waals surface area (Å²) in [4.78, 5) is 14.3. The fourth-order valence-electron chi connectivity index (χ4n) is 2.43. The van der Waals surface area contributed by atoms with Crippen LogP contribution in [0.1, 0.15) is 25.7 Å². The summed E-state index contributed by atoms with van der Waals surface area (Å²) in [5.74, 6) is 2.19. The van der Waals surface area contributed by atoms with Crippen LogP contribution in [0.15, 0.2) is 24.3 Å². The Hall–Kier alpha value is -1.99. The molecule has 4 nitrogen and oxygen atoms in total. The van der Waals surface area contributed by atoms with E-state index < -0.39 is 6.04 Å². The number of carbonyl (C=O) groups is 1. The normalized spacial score (nSPS) is 16.3. The first-order valence-corrected chi connectivity index (χ1v) is 7.06. The first-order valence-electron chi connectivity index (χ1n) is 7.06. The van der Waals surface area contributed by atoms with Crippen LogP contribution in [-0.4, -0.2) is 25.0 Å². The van der Waals surface area contributed by atoms with Gasteiger partial charge in [-0.15, -0.1) is 12.3 Å². The number of anilines is 2. The minimum absolute atomic E-state index is 0.229. The van der Waals surface area contributed by atoms with E-state index in [0.29, 0.717) is 0 Å². The van der Waals surface area contributed by atoms with Crippen LogP contribution in [0.2, 0.25) is 0 Å². The molecule has 2 rings (SSSR count). The number of carbonyl (C=O) groups excluding carboxylic acids is 1.